The fourth-order valence-electron chi connectivity index (χ4n) is 3.98. The maximum absolute atomic E-state index is 12.6. The van der Waals surface area contributed by atoms with Crippen LogP contribution in [0.4, 0.5) is 5.82 Å². The molecule has 0 saturated carbocycles. The van der Waals surface area contributed by atoms with Crippen molar-refractivity contribution < 1.29 is 19.4 Å². The second-order valence-electron chi connectivity index (χ2n) is 8.46. The first kappa shape index (κ1) is 25.7. The van der Waals surface area contributed by atoms with E-state index in [9.17, 15) is 14.4 Å². The third-order valence-electron chi connectivity index (χ3n) is 5.98. The largest absolute Gasteiger partial charge is 0.478 e. The highest BCUT2D eigenvalue weighted by atomic mass is 35.5. The minimum Gasteiger partial charge on any atom is -0.478 e. The summed E-state index contributed by atoms with van der Waals surface area (Å²) in [6.45, 7) is 3.75. The predicted octanol–water partition coefficient (Wildman–Crippen LogP) is 1.26. The van der Waals surface area contributed by atoms with Crippen LogP contribution in [0.15, 0.2) is 35.1 Å². The zero-order valence-electron chi connectivity index (χ0n) is 19.2. The van der Waals surface area contributed by atoms with Crippen LogP contribution < -0.4 is 16.6 Å². The van der Waals surface area contributed by atoms with Crippen LogP contribution in [0.3, 0.4) is 0 Å². The number of methoxy groups -OCH3 is 1. The van der Waals surface area contributed by atoms with Gasteiger partial charge in [-0.2, -0.15) is 0 Å². The molecule has 0 unspecified atom stereocenters. The highest BCUT2D eigenvalue weighted by Gasteiger charge is 2.31. The summed E-state index contributed by atoms with van der Waals surface area (Å²) in [7, 11) is 3.62. The van der Waals surface area contributed by atoms with Crippen LogP contribution in [0.25, 0.3) is 0 Å². The Morgan fingerprint density at radius 1 is 1.35 bits per heavy atom. The lowest BCUT2D eigenvalue weighted by Crippen LogP contribution is -2.55. The molecule has 0 bridgehead atoms. The lowest BCUT2D eigenvalue weighted by atomic mass is 10.0. The van der Waals surface area contributed by atoms with Crippen molar-refractivity contribution in [2.24, 2.45) is 0 Å². The molecule has 2 aromatic rings. The fourth-order valence-corrected chi connectivity index (χ4v) is 4.13. The average Bonchev–Trinajstić information content (AvgIpc) is 2.81. The van der Waals surface area contributed by atoms with Gasteiger partial charge < -0.3 is 30.8 Å². The first-order valence-corrected chi connectivity index (χ1v) is 11.3. The summed E-state index contributed by atoms with van der Waals surface area (Å²) in [5.74, 6) is -1.43. The smallest absolute Gasteiger partial charge is 0.335 e. The van der Waals surface area contributed by atoms with Gasteiger partial charge in [-0.15, -0.1) is 0 Å². The molecule has 1 saturated heterocycles. The minimum atomic E-state index is -0.934. The Morgan fingerprint density at radius 2 is 2.06 bits per heavy atom. The number of nitrogens with two attached hydrogens (primary N) is 1. The summed E-state index contributed by atoms with van der Waals surface area (Å²) < 4.78 is 5.63. The number of nitrogens with zero attached hydrogens (tertiary/aromatic N) is 2. The molecule has 5 N–H and O–H groups in total. The predicted molar refractivity (Wildman–Crippen MR) is 129 cm³/mol. The zero-order valence-corrected chi connectivity index (χ0v) is 20.0. The monoisotopic (exact) mass is 491 g/mol. The van der Waals surface area contributed by atoms with Gasteiger partial charge in [0.2, 0.25) is 0 Å². The second kappa shape index (κ2) is 11.5. The normalized spacial score (nSPS) is 18.7. The summed E-state index contributed by atoms with van der Waals surface area (Å²) in [6.07, 6.45) is 0.445. The molecule has 1 aliphatic heterocycles. The van der Waals surface area contributed by atoms with Crippen molar-refractivity contribution in [1.29, 1.82) is 0 Å². The van der Waals surface area contributed by atoms with Crippen molar-refractivity contribution in [3.63, 3.8) is 0 Å². The standard InChI is InChI=1S/C23H30ClN5O5/c1-28(12-14-3-5-15(6-4-14)23(32)33)9-10-29-8-7-18(19(13-29)34-2)26-21(30)16-11-17(24)20(25)27-22(16)31/h3-6,11,18-19H,7-10,12-13H2,1-2H3,(H,26,30)(H,32,33)(H3,25,27,31)/t18-,19+/m0/s1. The quantitative estimate of drug-likeness (QED) is 0.411. The van der Waals surface area contributed by atoms with Crippen molar-refractivity contribution in [1.82, 2.24) is 20.1 Å². The van der Waals surface area contributed by atoms with E-state index in [4.69, 9.17) is 27.2 Å². The number of likely N-dealkylation sites (tertiary alicyclic amines) is 1. The van der Waals surface area contributed by atoms with E-state index in [1.165, 1.54) is 6.07 Å². The van der Waals surface area contributed by atoms with Gasteiger partial charge in [0.1, 0.15) is 11.4 Å². The van der Waals surface area contributed by atoms with Gasteiger partial charge in [-0.1, -0.05) is 23.7 Å². The number of anilines is 1. The van der Waals surface area contributed by atoms with Gasteiger partial charge in [-0.05, 0) is 37.2 Å². The Hall–Kier alpha value is -2.92. The van der Waals surface area contributed by atoms with Crippen LogP contribution in [0.5, 0.6) is 0 Å². The van der Waals surface area contributed by atoms with E-state index in [1.807, 2.05) is 19.2 Å². The molecule has 11 heteroatoms. The Labute approximate surface area is 202 Å². The molecule has 1 fully saturated rings. The number of rotatable bonds is 9. The highest BCUT2D eigenvalue weighted by molar-refractivity contribution is 6.33. The molecule has 10 nitrogen and oxygen atoms in total. The number of piperidine rings is 1. The lowest BCUT2D eigenvalue weighted by molar-refractivity contribution is 0.00441. The number of hydrogen-bond donors (Lipinski definition) is 4. The summed E-state index contributed by atoms with van der Waals surface area (Å²) in [6, 6.07) is 7.91. The Bertz CT molecular complexity index is 1070. The molecule has 1 aliphatic rings. The molecular weight excluding hydrogens is 462 g/mol. The van der Waals surface area contributed by atoms with Crippen molar-refractivity contribution >= 4 is 29.3 Å². The first-order valence-electron chi connectivity index (χ1n) is 10.9. The third kappa shape index (κ3) is 6.57. The first-order chi connectivity index (χ1) is 16.2. The average molecular weight is 492 g/mol. The number of amides is 1. The SMILES string of the molecule is CO[C@@H]1CN(CCN(C)Cc2ccc(C(=O)O)cc2)CC[C@@H]1NC(=O)c1cc(Cl)c(N)[nH]c1=O. The number of H-pyrrole nitrogens is 1. The number of aromatic carboxylic acids is 1. The van der Waals surface area contributed by atoms with Crippen molar-refractivity contribution in [2.45, 2.75) is 25.1 Å². The topological polar surface area (TPSA) is 141 Å². The highest BCUT2D eigenvalue weighted by Crippen LogP contribution is 2.17. The van der Waals surface area contributed by atoms with E-state index in [0.717, 1.165) is 25.2 Å². The lowest BCUT2D eigenvalue weighted by Gasteiger charge is -2.38. The fraction of sp³-hybridized carbons (Fsp3) is 0.435. The number of likely N-dealkylation sites (N-methyl/N-ethyl adjacent to an activating group) is 1. The van der Waals surface area contributed by atoms with E-state index in [-0.39, 0.29) is 34.1 Å². The molecule has 34 heavy (non-hydrogen) atoms. The second-order valence-corrected chi connectivity index (χ2v) is 8.86. The molecule has 1 amide bonds. The third-order valence-corrected chi connectivity index (χ3v) is 6.29. The van der Waals surface area contributed by atoms with E-state index >= 15 is 0 Å². The minimum absolute atomic E-state index is 0.0218. The number of hydrogen-bond acceptors (Lipinski definition) is 7. The number of aromatic nitrogens is 1. The maximum atomic E-state index is 12.6. The van der Waals surface area contributed by atoms with Gasteiger partial charge >= 0.3 is 5.97 Å². The van der Waals surface area contributed by atoms with Crippen LogP contribution in [0.2, 0.25) is 5.02 Å². The van der Waals surface area contributed by atoms with Crippen molar-refractivity contribution in [3.8, 4) is 0 Å². The van der Waals surface area contributed by atoms with Gasteiger partial charge in [-0.25, -0.2) is 4.79 Å². The molecule has 0 spiro atoms. The summed E-state index contributed by atoms with van der Waals surface area (Å²) >= 11 is 5.94. The number of nitrogens with one attached hydrogen (secondary N) is 2. The molecule has 1 aromatic carbocycles. The maximum Gasteiger partial charge on any atom is 0.335 e. The number of carbonyl (C=O) groups is 2. The van der Waals surface area contributed by atoms with Crippen LogP contribution in [0.1, 0.15) is 32.7 Å². The number of pyridine rings is 1. The van der Waals surface area contributed by atoms with Crippen LogP contribution in [-0.2, 0) is 11.3 Å². The van der Waals surface area contributed by atoms with E-state index < -0.39 is 17.4 Å². The zero-order chi connectivity index (χ0) is 24.8. The number of benzene rings is 1. The van der Waals surface area contributed by atoms with Gasteiger partial charge in [0.25, 0.3) is 11.5 Å². The molecular formula is C23H30ClN5O5. The number of aromatic amines is 1. The van der Waals surface area contributed by atoms with Gasteiger partial charge in [-0.3, -0.25) is 14.5 Å². The Balaban J connectivity index is 1.50. The summed E-state index contributed by atoms with van der Waals surface area (Å²) in [5, 5.41) is 12.0. The Kier molecular flexibility index (Phi) is 8.67. The molecule has 0 radical (unpaired) electrons. The summed E-state index contributed by atoms with van der Waals surface area (Å²) in [5.41, 5.74) is 6.21. The molecule has 0 aliphatic carbocycles. The van der Waals surface area contributed by atoms with Crippen LogP contribution >= 0.6 is 11.6 Å². The molecule has 2 heterocycles. The molecule has 2 atom stereocenters. The van der Waals surface area contributed by atoms with E-state index in [1.54, 1.807) is 19.2 Å². The van der Waals surface area contributed by atoms with Crippen LogP contribution in [-0.4, -0.2) is 84.2 Å². The summed E-state index contributed by atoms with van der Waals surface area (Å²) in [4.78, 5) is 42.5. The van der Waals surface area contributed by atoms with Gasteiger partial charge in [0, 0.05) is 39.8 Å². The van der Waals surface area contributed by atoms with Gasteiger partial charge in [0.15, 0.2) is 0 Å². The van der Waals surface area contributed by atoms with Crippen molar-refractivity contribution in [2.75, 3.05) is 46.1 Å². The van der Waals surface area contributed by atoms with Crippen molar-refractivity contribution in [3.05, 3.63) is 62.4 Å². The van der Waals surface area contributed by atoms with Gasteiger partial charge in [0.05, 0.1) is 22.7 Å². The number of nitrogen functional groups attached to an aromatic ring is 1. The number of ether oxygens (including phenoxy) is 1. The molecule has 184 valence electrons. The Morgan fingerprint density at radius 3 is 2.71 bits per heavy atom. The number of halogens is 1. The molecule has 1 aromatic heterocycles. The van der Waals surface area contributed by atoms with E-state index in [2.05, 4.69) is 20.1 Å². The van der Waals surface area contributed by atoms with Crippen LogP contribution in [0, 0.1) is 0 Å². The number of carboxylic acids is 1. The van der Waals surface area contributed by atoms with E-state index in [0.29, 0.717) is 19.5 Å². The molecule has 3 rings (SSSR count). The number of carbonyl (C=O) groups excluding carboxylic acids is 1. The number of carboxylic acid groups (broad SMARTS) is 1.